The maximum absolute atomic E-state index is 13.7. The zero-order valence-corrected chi connectivity index (χ0v) is 27.0. The number of benzene rings is 3. The molecule has 3 aromatic rings. The first-order valence-corrected chi connectivity index (χ1v) is 17.3. The number of hydrogen-bond donors (Lipinski definition) is 2. The van der Waals surface area contributed by atoms with Crippen LogP contribution in [0.15, 0.2) is 72.8 Å². The topological polar surface area (TPSA) is 108 Å². The molecule has 2 bridgehead atoms. The Morgan fingerprint density at radius 3 is 2.24 bits per heavy atom. The van der Waals surface area contributed by atoms with Gasteiger partial charge < -0.3 is 19.9 Å². The lowest BCUT2D eigenvalue weighted by molar-refractivity contribution is -0.128. The van der Waals surface area contributed by atoms with E-state index in [-0.39, 0.29) is 28.8 Å². The number of para-hydroxylation sites is 2. The van der Waals surface area contributed by atoms with Gasteiger partial charge in [-0.1, -0.05) is 56.3 Å². The van der Waals surface area contributed by atoms with Gasteiger partial charge in [-0.2, -0.15) is 0 Å². The van der Waals surface area contributed by atoms with Crippen molar-refractivity contribution in [1.29, 1.82) is 0 Å². The summed E-state index contributed by atoms with van der Waals surface area (Å²) in [7, 11) is -2.21. The molecule has 2 N–H and O–H groups in total. The average molecular weight is 631 g/mol. The number of sulfonamides is 1. The Bertz CT molecular complexity index is 1690. The van der Waals surface area contributed by atoms with Gasteiger partial charge in [0, 0.05) is 50.5 Å². The fraction of sp³-hybridized carbons (Fsp3) is 0.429. The standard InChI is InChI=1S/C35H42N4O5S/c1-34(2)26-15-16-35(34,32(40)21-26)24-45(42,43)37-27-13-14-29(28(22-27)33(41)36-23-25-9-5-4-6-10-25)38-17-19-39(20-18-38)30-11-7-8-12-31(30)44-3/h4-14,22,26,37H,15-21,23-24H2,1-3H3,(H,36,41). The first-order valence-electron chi connectivity index (χ1n) is 15.7. The van der Waals surface area contributed by atoms with E-state index in [1.807, 2.05) is 74.5 Å². The molecule has 1 heterocycles. The molecule has 1 aliphatic heterocycles. The molecule has 1 saturated heterocycles. The highest BCUT2D eigenvalue weighted by Gasteiger charge is 2.65. The van der Waals surface area contributed by atoms with E-state index in [1.165, 1.54) is 0 Å². The van der Waals surface area contributed by atoms with Crippen molar-refractivity contribution in [1.82, 2.24) is 5.32 Å². The summed E-state index contributed by atoms with van der Waals surface area (Å²) in [5.41, 5.74) is 2.21. The Morgan fingerprint density at radius 1 is 0.933 bits per heavy atom. The van der Waals surface area contributed by atoms with Crippen LogP contribution in [0.1, 0.15) is 49.0 Å². The highest BCUT2D eigenvalue weighted by molar-refractivity contribution is 7.92. The molecule has 0 spiro atoms. The van der Waals surface area contributed by atoms with Crippen molar-refractivity contribution in [2.24, 2.45) is 16.7 Å². The third-order valence-electron chi connectivity index (χ3n) is 10.4. The molecule has 0 aromatic heterocycles. The number of ketones is 1. The largest absolute Gasteiger partial charge is 0.495 e. The van der Waals surface area contributed by atoms with Gasteiger partial charge in [0.15, 0.2) is 0 Å². The second-order valence-electron chi connectivity index (χ2n) is 13.1. The summed E-state index contributed by atoms with van der Waals surface area (Å²) in [6.45, 7) is 7.20. The monoisotopic (exact) mass is 630 g/mol. The number of piperazine rings is 1. The summed E-state index contributed by atoms with van der Waals surface area (Å²) in [5.74, 6) is 0.565. The Balaban J connectivity index is 1.24. The second-order valence-corrected chi connectivity index (χ2v) is 14.8. The van der Waals surface area contributed by atoms with E-state index in [2.05, 4.69) is 19.8 Å². The van der Waals surface area contributed by atoms with Crippen LogP contribution in [0, 0.1) is 16.7 Å². The van der Waals surface area contributed by atoms with Gasteiger partial charge in [-0.25, -0.2) is 8.42 Å². The van der Waals surface area contributed by atoms with Crippen molar-refractivity contribution in [3.05, 3.63) is 83.9 Å². The molecule has 1 amide bonds. The zero-order valence-electron chi connectivity index (χ0n) is 26.2. The van der Waals surface area contributed by atoms with Crippen LogP contribution in [0.2, 0.25) is 0 Å². The van der Waals surface area contributed by atoms with E-state index < -0.39 is 15.4 Å². The van der Waals surface area contributed by atoms with Crippen molar-refractivity contribution >= 4 is 38.8 Å². The van der Waals surface area contributed by atoms with Crippen LogP contribution in [0.5, 0.6) is 5.75 Å². The first kappa shape index (κ1) is 31.0. The molecule has 10 heteroatoms. The Morgan fingerprint density at radius 2 is 1.60 bits per heavy atom. The minimum absolute atomic E-state index is 0.0534. The van der Waals surface area contributed by atoms with Gasteiger partial charge in [-0.15, -0.1) is 0 Å². The highest BCUT2D eigenvalue weighted by atomic mass is 32.2. The quantitative estimate of drug-likeness (QED) is 0.321. The van der Waals surface area contributed by atoms with Crippen LogP contribution in [0.3, 0.4) is 0 Å². The van der Waals surface area contributed by atoms with Crippen LogP contribution >= 0.6 is 0 Å². The summed E-state index contributed by atoms with van der Waals surface area (Å²) in [5, 5.41) is 3.02. The van der Waals surface area contributed by atoms with Crippen LogP contribution in [-0.4, -0.2) is 59.1 Å². The number of Topliss-reactive ketones (excluding diaryl/α,β-unsaturated/α-hetero) is 1. The Kier molecular flexibility index (Phi) is 8.28. The van der Waals surface area contributed by atoms with Crippen LogP contribution in [0.4, 0.5) is 17.1 Å². The van der Waals surface area contributed by atoms with Crippen molar-refractivity contribution in [2.45, 2.75) is 39.7 Å². The van der Waals surface area contributed by atoms with E-state index in [0.29, 0.717) is 43.7 Å². The number of carbonyl (C=O) groups is 2. The van der Waals surface area contributed by atoms with Crippen molar-refractivity contribution in [2.75, 3.05) is 53.6 Å². The maximum Gasteiger partial charge on any atom is 0.253 e. The van der Waals surface area contributed by atoms with Gasteiger partial charge >= 0.3 is 0 Å². The number of nitrogens with one attached hydrogen (secondary N) is 2. The molecule has 2 unspecified atom stereocenters. The molecule has 2 aliphatic carbocycles. The van der Waals surface area contributed by atoms with Crippen LogP contribution in [-0.2, 0) is 21.4 Å². The highest BCUT2D eigenvalue weighted by Crippen LogP contribution is 2.64. The SMILES string of the molecule is COc1ccccc1N1CCN(c2ccc(NS(=O)(=O)CC34CCC(CC3=O)C4(C)C)cc2C(=O)NCc2ccccc2)CC1. The van der Waals surface area contributed by atoms with Gasteiger partial charge in [0.2, 0.25) is 10.0 Å². The zero-order chi connectivity index (χ0) is 31.8. The Labute approximate surface area is 266 Å². The number of nitrogens with zero attached hydrogens (tertiary/aromatic N) is 2. The minimum atomic E-state index is -3.88. The molecule has 3 aliphatic rings. The van der Waals surface area contributed by atoms with Crippen LogP contribution < -0.4 is 24.6 Å². The van der Waals surface area contributed by atoms with Gasteiger partial charge in [-0.3, -0.25) is 14.3 Å². The van der Waals surface area contributed by atoms with E-state index in [9.17, 15) is 18.0 Å². The molecular formula is C35H42N4O5S. The van der Waals surface area contributed by atoms with E-state index in [1.54, 1.807) is 19.2 Å². The lowest BCUT2D eigenvalue weighted by Gasteiger charge is -2.38. The number of methoxy groups -OCH3 is 1. The molecular weight excluding hydrogens is 588 g/mol. The van der Waals surface area contributed by atoms with E-state index >= 15 is 0 Å². The molecule has 3 fully saturated rings. The van der Waals surface area contributed by atoms with Gasteiger partial charge in [0.05, 0.1) is 29.5 Å². The molecule has 0 radical (unpaired) electrons. The maximum atomic E-state index is 13.7. The summed E-state index contributed by atoms with van der Waals surface area (Å²) in [6.07, 6.45) is 1.92. The normalized spacial score (nSPS) is 22.4. The summed E-state index contributed by atoms with van der Waals surface area (Å²) in [6, 6.07) is 22.8. The third-order valence-corrected chi connectivity index (χ3v) is 11.9. The lowest BCUT2D eigenvalue weighted by Crippen LogP contribution is -2.47. The summed E-state index contributed by atoms with van der Waals surface area (Å²) < 4.78 is 35.5. The fourth-order valence-electron chi connectivity index (χ4n) is 7.66. The van der Waals surface area contributed by atoms with Crippen molar-refractivity contribution < 1.29 is 22.7 Å². The number of rotatable bonds is 10. The average Bonchev–Trinajstić information content (AvgIpc) is 3.38. The minimum Gasteiger partial charge on any atom is -0.495 e. The van der Waals surface area contributed by atoms with Gasteiger partial charge in [-0.05, 0) is 60.1 Å². The van der Waals surface area contributed by atoms with E-state index in [4.69, 9.17) is 4.74 Å². The van der Waals surface area contributed by atoms with Gasteiger partial charge in [0.25, 0.3) is 5.91 Å². The van der Waals surface area contributed by atoms with Crippen molar-refractivity contribution in [3.8, 4) is 5.75 Å². The molecule has 9 nitrogen and oxygen atoms in total. The second kappa shape index (κ2) is 12.0. The predicted octanol–water partition coefficient (Wildman–Crippen LogP) is 5.09. The number of ether oxygens (including phenoxy) is 1. The summed E-state index contributed by atoms with van der Waals surface area (Å²) in [4.78, 5) is 31.2. The molecule has 45 heavy (non-hydrogen) atoms. The third kappa shape index (κ3) is 5.88. The number of hydrogen-bond acceptors (Lipinski definition) is 7. The molecule has 238 valence electrons. The predicted molar refractivity (Wildman–Crippen MR) is 177 cm³/mol. The van der Waals surface area contributed by atoms with Crippen molar-refractivity contribution in [3.63, 3.8) is 0 Å². The molecule has 2 atom stereocenters. The Hall–Kier alpha value is -4.05. The smallest absolute Gasteiger partial charge is 0.253 e. The lowest BCUT2D eigenvalue weighted by atomic mass is 9.70. The molecule has 6 rings (SSSR count). The summed E-state index contributed by atoms with van der Waals surface area (Å²) >= 11 is 0. The number of carbonyl (C=O) groups excluding carboxylic acids is 2. The fourth-order valence-corrected chi connectivity index (χ4v) is 9.54. The molecule has 3 aromatic carbocycles. The first-order chi connectivity index (χ1) is 21.5. The number of fused-ring (bicyclic) bond motifs is 2. The number of amides is 1. The van der Waals surface area contributed by atoms with Gasteiger partial charge in [0.1, 0.15) is 11.5 Å². The number of anilines is 3. The van der Waals surface area contributed by atoms with Crippen LogP contribution in [0.25, 0.3) is 0 Å². The molecule has 2 saturated carbocycles. The van der Waals surface area contributed by atoms with E-state index in [0.717, 1.165) is 42.2 Å².